The summed E-state index contributed by atoms with van der Waals surface area (Å²) in [4.78, 5) is 0. The van der Waals surface area contributed by atoms with Crippen LogP contribution in [-0.2, 0) is 26.6 Å². The van der Waals surface area contributed by atoms with Crippen LogP contribution in [0.4, 0.5) is 0 Å². The molecule has 21 heavy (non-hydrogen) atoms. The summed E-state index contributed by atoms with van der Waals surface area (Å²) in [6.07, 6.45) is 1.91. The van der Waals surface area contributed by atoms with Crippen molar-refractivity contribution in [2.45, 2.75) is 31.9 Å². The molecule has 0 spiro atoms. The molecule has 9 heteroatoms. The van der Waals surface area contributed by atoms with E-state index in [9.17, 15) is 0 Å². The first-order valence-corrected chi connectivity index (χ1v) is 10.9. The van der Waals surface area contributed by atoms with Gasteiger partial charge in [-0.05, 0) is 13.0 Å². The van der Waals surface area contributed by atoms with Crippen LogP contribution in [0.5, 0.6) is 0 Å². The predicted octanol–water partition coefficient (Wildman–Crippen LogP) is 1.49. The highest BCUT2D eigenvalue weighted by Crippen LogP contribution is 2.14. The van der Waals surface area contributed by atoms with E-state index in [4.69, 9.17) is 32.3 Å². The van der Waals surface area contributed by atoms with Gasteiger partial charge in [0.15, 0.2) is 0 Å². The number of rotatable bonds is 11. The summed E-state index contributed by atoms with van der Waals surface area (Å²) < 4.78 is 31.0. The molecule has 0 rings (SSSR count). The van der Waals surface area contributed by atoms with Gasteiger partial charge in [0, 0.05) is 54.7 Å². The van der Waals surface area contributed by atoms with Gasteiger partial charge in [-0.1, -0.05) is 13.3 Å². The molecule has 0 aromatic carbocycles. The quantitative estimate of drug-likeness (QED) is 0.569. The van der Waals surface area contributed by atoms with Crippen molar-refractivity contribution in [3.8, 4) is 0 Å². The standard InChI is InChI=1S/C6H17NO3Si.C6H16O3Si/c1-8-11(9-2,10-3)6-4-5-7;1-5-6-10(7-2,8-3)9-4/h4-7H2,1-3H3;5-6H2,1-4H3. The molecule has 0 saturated heterocycles. The molecule has 0 aromatic rings. The van der Waals surface area contributed by atoms with Crippen molar-refractivity contribution in [3.05, 3.63) is 0 Å². The molecule has 130 valence electrons. The van der Waals surface area contributed by atoms with Gasteiger partial charge in [0.25, 0.3) is 0 Å². The minimum atomic E-state index is -2.32. The van der Waals surface area contributed by atoms with Crippen LogP contribution < -0.4 is 5.73 Å². The van der Waals surface area contributed by atoms with E-state index >= 15 is 0 Å². The summed E-state index contributed by atoms with van der Waals surface area (Å²) in [6, 6.07) is 1.67. The molecular weight excluding hydrogens is 310 g/mol. The monoisotopic (exact) mass is 343 g/mol. The Morgan fingerprint density at radius 1 is 0.667 bits per heavy atom. The van der Waals surface area contributed by atoms with Crippen LogP contribution in [0.3, 0.4) is 0 Å². The van der Waals surface area contributed by atoms with E-state index in [1.165, 1.54) is 0 Å². The molecule has 0 heterocycles. The van der Waals surface area contributed by atoms with E-state index < -0.39 is 17.6 Å². The lowest BCUT2D eigenvalue weighted by molar-refractivity contribution is 0.122. The van der Waals surface area contributed by atoms with Crippen LogP contribution in [-0.4, -0.2) is 66.8 Å². The molecule has 0 bridgehead atoms. The van der Waals surface area contributed by atoms with Crippen molar-refractivity contribution in [1.82, 2.24) is 0 Å². The Balaban J connectivity index is 0. The third kappa shape index (κ3) is 9.01. The van der Waals surface area contributed by atoms with Gasteiger partial charge in [-0.3, -0.25) is 0 Å². The maximum atomic E-state index is 5.36. The summed E-state index contributed by atoms with van der Waals surface area (Å²) >= 11 is 0. The molecule has 0 atom stereocenters. The lowest BCUT2D eigenvalue weighted by Gasteiger charge is -2.23. The summed E-state index contributed by atoms with van der Waals surface area (Å²) in [6.45, 7) is 2.73. The first kappa shape index (κ1) is 23.4. The van der Waals surface area contributed by atoms with E-state index in [1.807, 2.05) is 0 Å². The van der Waals surface area contributed by atoms with Gasteiger partial charge in [-0.15, -0.1) is 0 Å². The molecule has 0 amide bonds. The Kier molecular flexibility index (Phi) is 15.4. The van der Waals surface area contributed by atoms with E-state index in [1.54, 1.807) is 42.7 Å². The molecule has 0 fully saturated rings. The van der Waals surface area contributed by atoms with Crippen LogP contribution in [0.1, 0.15) is 19.8 Å². The normalized spacial score (nSPS) is 12.0. The number of nitrogens with two attached hydrogens (primary N) is 1. The van der Waals surface area contributed by atoms with Gasteiger partial charge in [-0.2, -0.15) is 0 Å². The highest BCUT2D eigenvalue weighted by atomic mass is 28.4. The molecule has 0 aliphatic rings. The third-order valence-corrected chi connectivity index (χ3v) is 8.92. The number of hydrogen-bond acceptors (Lipinski definition) is 7. The molecule has 0 radical (unpaired) electrons. The molecule has 0 aliphatic heterocycles. The second kappa shape index (κ2) is 13.8. The Bertz CT molecular complexity index is 211. The van der Waals surface area contributed by atoms with E-state index in [0.29, 0.717) is 6.54 Å². The maximum absolute atomic E-state index is 5.36. The van der Waals surface area contributed by atoms with Crippen LogP contribution in [0.2, 0.25) is 12.1 Å². The zero-order valence-electron chi connectivity index (χ0n) is 14.6. The fraction of sp³-hybridized carbons (Fsp3) is 1.00. The summed E-state index contributed by atoms with van der Waals surface area (Å²) in [5, 5.41) is 0. The van der Waals surface area contributed by atoms with Crippen LogP contribution in [0, 0.1) is 0 Å². The van der Waals surface area contributed by atoms with Gasteiger partial charge in [0.2, 0.25) is 0 Å². The molecule has 2 N–H and O–H groups in total. The molecule has 0 aliphatic carbocycles. The van der Waals surface area contributed by atoms with E-state index in [2.05, 4.69) is 6.92 Å². The third-order valence-electron chi connectivity index (χ3n) is 3.11. The highest BCUT2D eigenvalue weighted by Gasteiger charge is 2.36. The fourth-order valence-electron chi connectivity index (χ4n) is 1.74. The summed E-state index contributed by atoms with van der Waals surface area (Å²) in [5.41, 5.74) is 5.36. The average Bonchev–Trinajstić information content (AvgIpc) is 2.55. The van der Waals surface area contributed by atoms with Crippen LogP contribution in [0.25, 0.3) is 0 Å². The Labute approximate surface area is 131 Å². The predicted molar refractivity (Wildman–Crippen MR) is 87.1 cm³/mol. The second-order valence-electron chi connectivity index (χ2n) is 4.23. The second-order valence-corrected chi connectivity index (χ2v) is 10.4. The van der Waals surface area contributed by atoms with Crippen molar-refractivity contribution in [3.63, 3.8) is 0 Å². The molecular formula is C12H33NO6Si2. The van der Waals surface area contributed by atoms with Crippen molar-refractivity contribution in [1.29, 1.82) is 0 Å². The van der Waals surface area contributed by atoms with Gasteiger partial charge in [0.05, 0.1) is 0 Å². The van der Waals surface area contributed by atoms with Crippen molar-refractivity contribution in [2.24, 2.45) is 5.73 Å². The van der Waals surface area contributed by atoms with Gasteiger partial charge < -0.3 is 32.3 Å². The van der Waals surface area contributed by atoms with Crippen molar-refractivity contribution < 1.29 is 26.6 Å². The van der Waals surface area contributed by atoms with E-state index in [-0.39, 0.29) is 0 Å². The first-order valence-electron chi connectivity index (χ1n) is 7.00. The topological polar surface area (TPSA) is 81.4 Å². The lowest BCUT2D eigenvalue weighted by Crippen LogP contribution is -2.42. The minimum Gasteiger partial charge on any atom is -0.377 e. The average molecular weight is 344 g/mol. The zero-order valence-corrected chi connectivity index (χ0v) is 16.6. The van der Waals surface area contributed by atoms with E-state index in [0.717, 1.165) is 24.9 Å². The maximum Gasteiger partial charge on any atom is 0.500 e. The molecule has 7 nitrogen and oxygen atoms in total. The van der Waals surface area contributed by atoms with Gasteiger partial charge >= 0.3 is 17.6 Å². The lowest BCUT2D eigenvalue weighted by atomic mass is 10.5. The van der Waals surface area contributed by atoms with Crippen LogP contribution in [0.15, 0.2) is 0 Å². The smallest absolute Gasteiger partial charge is 0.377 e. The SMILES string of the molecule is CCC[Si](OC)(OC)OC.CO[Si](CCCN)(OC)OC. The van der Waals surface area contributed by atoms with Crippen molar-refractivity contribution >= 4 is 17.6 Å². The zero-order chi connectivity index (χ0) is 16.8. The first-order chi connectivity index (χ1) is 9.99. The highest BCUT2D eigenvalue weighted by molar-refractivity contribution is 6.60. The largest absolute Gasteiger partial charge is 0.500 e. The summed E-state index contributed by atoms with van der Waals surface area (Å²) in [5.74, 6) is 0. The fourth-order valence-corrected chi connectivity index (χ4v) is 5.21. The Hall–Kier alpha value is 0.154. The Morgan fingerprint density at radius 3 is 1.19 bits per heavy atom. The van der Waals surface area contributed by atoms with Gasteiger partial charge in [0.1, 0.15) is 0 Å². The number of hydrogen-bond donors (Lipinski definition) is 1. The van der Waals surface area contributed by atoms with Crippen molar-refractivity contribution in [2.75, 3.05) is 49.2 Å². The minimum absolute atomic E-state index is 0.644. The van der Waals surface area contributed by atoms with Crippen LogP contribution >= 0.6 is 0 Å². The Morgan fingerprint density at radius 2 is 1.00 bits per heavy atom. The molecule has 0 aromatic heterocycles. The van der Waals surface area contributed by atoms with Gasteiger partial charge in [-0.25, -0.2) is 0 Å². The summed E-state index contributed by atoms with van der Waals surface area (Å²) in [7, 11) is 5.19. The molecule has 0 saturated carbocycles. The molecule has 0 unspecified atom stereocenters.